The minimum Gasteiger partial charge on any atom is -0.393 e. The maximum atomic E-state index is 9.90. The first kappa shape index (κ1) is 12.0. The third-order valence-electron chi connectivity index (χ3n) is 3.31. The van der Waals surface area contributed by atoms with Crippen LogP contribution in [0.4, 0.5) is 0 Å². The molecule has 2 heteroatoms. The average Bonchev–Trinajstić information content (AvgIpc) is 2.14. The lowest BCUT2D eigenvalue weighted by atomic mass is 9.83. The lowest BCUT2D eigenvalue weighted by molar-refractivity contribution is 0.0485. The maximum Gasteiger partial charge on any atom is 0.0588 e. The number of hydrogen-bond acceptors (Lipinski definition) is 2. The third-order valence-corrected chi connectivity index (χ3v) is 3.31. The van der Waals surface area contributed by atoms with Crippen molar-refractivity contribution in [2.75, 3.05) is 13.1 Å². The predicted molar refractivity (Wildman–Crippen MR) is 60.3 cm³/mol. The van der Waals surface area contributed by atoms with Crippen molar-refractivity contribution >= 4 is 0 Å². The molecular weight excluding hydrogens is 174 g/mol. The Morgan fingerprint density at radius 1 is 1.29 bits per heavy atom. The summed E-state index contributed by atoms with van der Waals surface area (Å²) < 4.78 is 0. The van der Waals surface area contributed by atoms with E-state index in [1.165, 1.54) is 19.3 Å². The second kappa shape index (κ2) is 5.13. The van der Waals surface area contributed by atoms with Gasteiger partial charge in [-0.25, -0.2) is 0 Å². The Kier molecular flexibility index (Phi) is 4.39. The summed E-state index contributed by atoms with van der Waals surface area (Å²) in [6.45, 7) is 8.66. The molecule has 1 atom stereocenters. The topological polar surface area (TPSA) is 32.3 Å². The molecule has 1 saturated heterocycles. The number of piperidine rings is 1. The molecular formula is C12H25NO. The van der Waals surface area contributed by atoms with Gasteiger partial charge in [0.25, 0.3) is 0 Å². The second-order valence-corrected chi connectivity index (χ2v) is 5.65. The van der Waals surface area contributed by atoms with Gasteiger partial charge >= 0.3 is 0 Å². The Morgan fingerprint density at radius 3 is 2.36 bits per heavy atom. The van der Waals surface area contributed by atoms with Crippen molar-refractivity contribution in [3.8, 4) is 0 Å². The minimum absolute atomic E-state index is 0.0485. The quantitative estimate of drug-likeness (QED) is 0.730. The molecule has 1 aliphatic heterocycles. The van der Waals surface area contributed by atoms with E-state index in [9.17, 15) is 5.11 Å². The van der Waals surface area contributed by atoms with Gasteiger partial charge in [0.15, 0.2) is 0 Å². The summed E-state index contributed by atoms with van der Waals surface area (Å²) in [4.78, 5) is 0. The molecule has 2 N–H and O–H groups in total. The van der Waals surface area contributed by atoms with Crippen LogP contribution in [0.1, 0.15) is 46.5 Å². The van der Waals surface area contributed by atoms with Crippen LogP contribution in [-0.2, 0) is 0 Å². The standard InChI is InChI=1S/C12H25NO/c1-12(2,3)11(14)5-4-10-6-8-13-9-7-10/h10-11,13-14H,4-9H2,1-3H3. The van der Waals surface area contributed by atoms with Crippen LogP contribution in [0.2, 0.25) is 0 Å². The monoisotopic (exact) mass is 199 g/mol. The van der Waals surface area contributed by atoms with E-state index < -0.39 is 0 Å². The highest BCUT2D eigenvalue weighted by Crippen LogP contribution is 2.26. The van der Waals surface area contributed by atoms with Crippen molar-refractivity contribution in [3.63, 3.8) is 0 Å². The van der Waals surface area contributed by atoms with Crippen molar-refractivity contribution in [2.24, 2.45) is 11.3 Å². The van der Waals surface area contributed by atoms with Crippen LogP contribution in [0.25, 0.3) is 0 Å². The van der Waals surface area contributed by atoms with E-state index in [1.54, 1.807) is 0 Å². The zero-order valence-electron chi connectivity index (χ0n) is 9.84. The Morgan fingerprint density at radius 2 is 1.86 bits per heavy atom. The predicted octanol–water partition coefficient (Wildman–Crippen LogP) is 2.17. The first-order valence-electron chi connectivity index (χ1n) is 5.89. The molecule has 84 valence electrons. The summed E-state index contributed by atoms with van der Waals surface area (Å²) in [5.74, 6) is 0.841. The van der Waals surface area contributed by atoms with E-state index in [-0.39, 0.29) is 11.5 Å². The molecule has 0 aromatic heterocycles. The molecule has 0 saturated carbocycles. The van der Waals surface area contributed by atoms with Crippen LogP contribution in [0.15, 0.2) is 0 Å². The number of hydrogen-bond donors (Lipinski definition) is 2. The van der Waals surface area contributed by atoms with E-state index in [2.05, 4.69) is 26.1 Å². The highest BCUT2D eigenvalue weighted by molar-refractivity contribution is 4.75. The van der Waals surface area contributed by atoms with Crippen molar-refractivity contribution in [3.05, 3.63) is 0 Å². The molecule has 0 spiro atoms. The second-order valence-electron chi connectivity index (χ2n) is 5.65. The fourth-order valence-electron chi connectivity index (χ4n) is 2.00. The Balaban J connectivity index is 2.19. The fourth-order valence-corrected chi connectivity index (χ4v) is 2.00. The average molecular weight is 199 g/mol. The normalized spacial score (nSPS) is 22.3. The molecule has 0 aromatic carbocycles. The number of nitrogens with one attached hydrogen (secondary N) is 1. The Bertz CT molecular complexity index is 156. The van der Waals surface area contributed by atoms with Gasteiger partial charge in [0, 0.05) is 0 Å². The van der Waals surface area contributed by atoms with Gasteiger partial charge in [-0.2, -0.15) is 0 Å². The molecule has 2 nitrogen and oxygen atoms in total. The molecule has 0 radical (unpaired) electrons. The number of aliphatic hydroxyl groups is 1. The first-order valence-corrected chi connectivity index (χ1v) is 5.89. The lowest BCUT2D eigenvalue weighted by Gasteiger charge is -2.29. The zero-order valence-corrected chi connectivity index (χ0v) is 9.84. The van der Waals surface area contributed by atoms with Crippen LogP contribution in [0, 0.1) is 11.3 Å². The van der Waals surface area contributed by atoms with Crippen molar-refractivity contribution in [1.29, 1.82) is 0 Å². The molecule has 0 bridgehead atoms. The maximum absolute atomic E-state index is 9.90. The van der Waals surface area contributed by atoms with Crippen LogP contribution < -0.4 is 5.32 Å². The van der Waals surface area contributed by atoms with Gasteiger partial charge in [-0.1, -0.05) is 20.8 Å². The molecule has 1 rings (SSSR count). The molecule has 0 aromatic rings. The molecule has 1 fully saturated rings. The molecule has 1 heterocycles. The summed E-state index contributed by atoms with van der Waals surface area (Å²) in [6, 6.07) is 0. The van der Waals surface area contributed by atoms with Crippen LogP contribution in [-0.4, -0.2) is 24.3 Å². The summed E-state index contributed by atoms with van der Waals surface area (Å²) in [7, 11) is 0. The van der Waals surface area contributed by atoms with E-state index in [0.29, 0.717) is 0 Å². The smallest absolute Gasteiger partial charge is 0.0588 e. The highest BCUT2D eigenvalue weighted by atomic mass is 16.3. The van der Waals surface area contributed by atoms with Gasteiger partial charge in [0.1, 0.15) is 0 Å². The lowest BCUT2D eigenvalue weighted by Crippen LogP contribution is -2.30. The summed E-state index contributed by atoms with van der Waals surface area (Å²) >= 11 is 0. The Hall–Kier alpha value is -0.0800. The molecule has 1 aliphatic rings. The van der Waals surface area contributed by atoms with Crippen molar-refractivity contribution < 1.29 is 5.11 Å². The van der Waals surface area contributed by atoms with E-state index in [4.69, 9.17) is 0 Å². The van der Waals surface area contributed by atoms with E-state index in [0.717, 1.165) is 25.4 Å². The van der Waals surface area contributed by atoms with Gasteiger partial charge < -0.3 is 10.4 Å². The van der Waals surface area contributed by atoms with E-state index >= 15 is 0 Å². The summed E-state index contributed by atoms with van der Waals surface area (Å²) in [5, 5.41) is 13.3. The molecule has 0 aliphatic carbocycles. The fraction of sp³-hybridized carbons (Fsp3) is 1.00. The number of aliphatic hydroxyl groups excluding tert-OH is 1. The van der Waals surface area contributed by atoms with Crippen LogP contribution in [0.3, 0.4) is 0 Å². The van der Waals surface area contributed by atoms with Gasteiger partial charge in [0.05, 0.1) is 6.10 Å². The van der Waals surface area contributed by atoms with Crippen LogP contribution in [0.5, 0.6) is 0 Å². The third kappa shape index (κ3) is 3.97. The molecule has 1 unspecified atom stereocenters. The molecule has 0 amide bonds. The highest BCUT2D eigenvalue weighted by Gasteiger charge is 2.23. The molecule has 14 heavy (non-hydrogen) atoms. The van der Waals surface area contributed by atoms with Crippen LogP contribution >= 0.6 is 0 Å². The zero-order chi connectivity index (χ0) is 10.6. The number of rotatable bonds is 3. The van der Waals surface area contributed by atoms with Crippen molar-refractivity contribution in [2.45, 2.75) is 52.6 Å². The van der Waals surface area contributed by atoms with Gasteiger partial charge in [-0.15, -0.1) is 0 Å². The largest absolute Gasteiger partial charge is 0.393 e. The first-order chi connectivity index (χ1) is 6.50. The van der Waals surface area contributed by atoms with Crippen molar-refractivity contribution in [1.82, 2.24) is 5.32 Å². The summed E-state index contributed by atoms with van der Waals surface area (Å²) in [6.07, 6.45) is 4.60. The van der Waals surface area contributed by atoms with Gasteiger partial charge in [-0.05, 0) is 50.1 Å². The van der Waals surface area contributed by atoms with Gasteiger partial charge in [0.2, 0.25) is 0 Å². The van der Waals surface area contributed by atoms with Gasteiger partial charge in [-0.3, -0.25) is 0 Å². The Labute approximate surface area is 88.1 Å². The summed E-state index contributed by atoms with van der Waals surface area (Å²) in [5.41, 5.74) is 0.0485. The minimum atomic E-state index is -0.141. The van der Waals surface area contributed by atoms with E-state index in [1.807, 2.05) is 0 Å². The SMILES string of the molecule is CC(C)(C)C(O)CCC1CCNCC1.